The minimum absolute atomic E-state index is 0.0996. The number of carbonyl (C=O) groups excluding carboxylic acids is 1. The van der Waals surface area contributed by atoms with Crippen molar-refractivity contribution in [2.24, 2.45) is 11.8 Å². The second-order valence-corrected chi connectivity index (χ2v) is 7.09. The van der Waals surface area contributed by atoms with Crippen LogP contribution >= 0.6 is 0 Å². The molecule has 1 amide bonds. The van der Waals surface area contributed by atoms with Crippen molar-refractivity contribution in [2.75, 3.05) is 0 Å². The van der Waals surface area contributed by atoms with Gasteiger partial charge in [0, 0.05) is 18.2 Å². The molecular formula is C20H23N3O. The lowest BCUT2D eigenvalue weighted by Crippen LogP contribution is -2.59. The fourth-order valence-corrected chi connectivity index (χ4v) is 4.53. The Labute approximate surface area is 142 Å². The molecule has 2 fully saturated rings. The highest BCUT2D eigenvalue weighted by Gasteiger charge is 2.51. The van der Waals surface area contributed by atoms with Crippen molar-refractivity contribution in [1.82, 2.24) is 15.3 Å². The average Bonchev–Trinajstić information content (AvgIpc) is 2.61. The number of benzene rings is 1. The predicted molar refractivity (Wildman–Crippen MR) is 92.7 cm³/mol. The van der Waals surface area contributed by atoms with Gasteiger partial charge in [0.05, 0.1) is 11.9 Å². The summed E-state index contributed by atoms with van der Waals surface area (Å²) in [6.45, 7) is 1.87. The van der Waals surface area contributed by atoms with Crippen LogP contribution in [0.1, 0.15) is 53.3 Å². The largest absolute Gasteiger partial charge is 0.347 e. The van der Waals surface area contributed by atoms with Crippen LogP contribution in [0.2, 0.25) is 0 Å². The topological polar surface area (TPSA) is 54.9 Å². The van der Waals surface area contributed by atoms with E-state index in [2.05, 4.69) is 45.6 Å². The molecule has 4 rings (SSSR count). The fourth-order valence-electron chi connectivity index (χ4n) is 4.53. The Morgan fingerprint density at radius 3 is 2.50 bits per heavy atom. The van der Waals surface area contributed by atoms with Gasteiger partial charge in [-0.1, -0.05) is 43.2 Å². The van der Waals surface area contributed by atoms with E-state index >= 15 is 0 Å². The maximum atomic E-state index is 12.6. The summed E-state index contributed by atoms with van der Waals surface area (Å²) >= 11 is 0. The number of nitrogens with zero attached hydrogens (tertiary/aromatic N) is 2. The number of hydrogen-bond acceptors (Lipinski definition) is 3. The molecule has 0 bridgehead atoms. The van der Waals surface area contributed by atoms with Gasteiger partial charge in [-0.05, 0) is 37.2 Å². The molecule has 1 heterocycles. The van der Waals surface area contributed by atoms with Crippen molar-refractivity contribution in [3.8, 4) is 0 Å². The summed E-state index contributed by atoms with van der Waals surface area (Å²) in [4.78, 5) is 21.0. The highest BCUT2D eigenvalue weighted by atomic mass is 16.2. The number of hydrogen-bond donors (Lipinski definition) is 1. The Bertz CT molecular complexity index is 713. The second-order valence-electron chi connectivity index (χ2n) is 7.09. The molecule has 2 aliphatic carbocycles. The minimum atomic E-state index is -0.0996. The molecule has 0 radical (unpaired) electrons. The number of amides is 1. The lowest BCUT2D eigenvalue weighted by atomic mass is 9.53. The van der Waals surface area contributed by atoms with E-state index in [9.17, 15) is 4.79 Å². The first-order valence-corrected chi connectivity index (χ1v) is 8.88. The van der Waals surface area contributed by atoms with Crippen LogP contribution < -0.4 is 5.32 Å². The summed E-state index contributed by atoms with van der Waals surface area (Å²) < 4.78 is 0. The van der Waals surface area contributed by atoms with Crippen LogP contribution in [0.15, 0.2) is 42.7 Å². The lowest BCUT2D eigenvalue weighted by Gasteiger charge is -2.55. The first-order chi connectivity index (χ1) is 11.7. The zero-order chi connectivity index (χ0) is 16.5. The SMILES string of the molecule is Cc1cnc(C(=O)N[C@H]2[C@H]3CCCC[C@@H]3[C@@H]2c2ccccc2)cn1. The Morgan fingerprint density at radius 2 is 1.79 bits per heavy atom. The monoisotopic (exact) mass is 321 g/mol. The molecule has 4 nitrogen and oxygen atoms in total. The molecule has 1 aromatic heterocycles. The summed E-state index contributed by atoms with van der Waals surface area (Å²) in [5, 5.41) is 3.26. The van der Waals surface area contributed by atoms with E-state index in [1.165, 1.54) is 31.2 Å². The second kappa shape index (κ2) is 6.34. The van der Waals surface area contributed by atoms with Gasteiger partial charge in [0.2, 0.25) is 0 Å². The van der Waals surface area contributed by atoms with Gasteiger partial charge in [0.1, 0.15) is 5.69 Å². The molecule has 0 aliphatic heterocycles. The number of rotatable bonds is 3. The first kappa shape index (κ1) is 15.3. The van der Waals surface area contributed by atoms with E-state index in [1.807, 2.05) is 6.92 Å². The van der Waals surface area contributed by atoms with Crippen LogP contribution in [-0.4, -0.2) is 21.9 Å². The normalized spacial score (nSPS) is 28.5. The average molecular weight is 321 g/mol. The summed E-state index contributed by atoms with van der Waals surface area (Å²) in [5.41, 5.74) is 2.58. The molecule has 1 N–H and O–H groups in total. The van der Waals surface area contributed by atoms with Crippen LogP contribution in [0.4, 0.5) is 0 Å². The number of fused-ring (bicyclic) bond motifs is 1. The van der Waals surface area contributed by atoms with E-state index in [0.717, 1.165) is 5.69 Å². The van der Waals surface area contributed by atoms with Crippen molar-refractivity contribution < 1.29 is 4.79 Å². The third-order valence-electron chi connectivity index (χ3n) is 5.68. The van der Waals surface area contributed by atoms with Gasteiger partial charge in [-0.25, -0.2) is 4.98 Å². The van der Waals surface area contributed by atoms with Crippen molar-refractivity contribution in [1.29, 1.82) is 0 Å². The summed E-state index contributed by atoms with van der Waals surface area (Å²) in [5.74, 6) is 1.64. The van der Waals surface area contributed by atoms with E-state index in [-0.39, 0.29) is 11.9 Å². The quantitative estimate of drug-likeness (QED) is 0.941. The molecular weight excluding hydrogens is 298 g/mol. The van der Waals surface area contributed by atoms with E-state index in [1.54, 1.807) is 12.4 Å². The Balaban J connectivity index is 1.55. The number of carbonyl (C=O) groups is 1. The molecule has 0 unspecified atom stereocenters. The molecule has 2 aromatic rings. The van der Waals surface area contributed by atoms with Gasteiger partial charge >= 0.3 is 0 Å². The van der Waals surface area contributed by atoms with Crippen molar-refractivity contribution in [3.05, 3.63) is 59.7 Å². The third-order valence-corrected chi connectivity index (χ3v) is 5.68. The van der Waals surface area contributed by atoms with E-state index in [0.29, 0.717) is 23.4 Å². The molecule has 2 aliphatic rings. The van der Waals surface area contributed by atoms with Gasteiger partial charge in [0.15, 0.2) is 0 Å². The smallest absolute Gasteiger partial charge is 0.271 e. The maximum absolute atomic E-state index is 12.6. The zero-order valence-electron chi connectivity index (χ0n) is 14.0. The van der Waals surface area contributed by atoms with Crippen LogP contribution in [0.3, 0.4) is 0 Å². The minimum Gasteiger partial charge on any atom is -0.347 e. The Morgan fingerprint density at radius 1 is 1.04 bits per heavy atom. The fraction of sp³-hybridized carbons (Fsp3) is 0.450. The number of aryl methyl sites for hydroxylation is 1. The van der Waals surface area contributed by atoms with Gasteiger partial charge in [-0.3, -0.25) is 9.78 Å². The number of aromatic nitrogens is 2. The molecule has 2 saturated carbocycles. The predicted octanol–water partition coefficient (Wildman–Crippen LogP) is 3.49. The van der Waals surface area contributed by atoms with Crippen molar-refractivity contribution >= 4 is 5.91 Å². The molecule has 24 heavy (non-hydrogen) atoms. The highest BCUT2D eigenvalue weighted by molar-refractivity contribution is 5.92. The maximum Gasteiger partial charge on any atom is 0.271 e. The van der Waals surface area contributed by atoms with Crippen LogP contribution in [0.25, 0.3) is 0 Å². The lowest BCUT2D eigenvalue weighted by molar-refractivity contribution is 0.0250. The summed E-state index contributed by atoms with van der Waals surface area (Å²) in [6, 6.07) is 10.8. The van der Waals surface area contributed by atoms with Crippen LogP contribution in [0.5, 0.6) is 0 Å². The van der Waals surface area contributed by atoms with E-state index in [4.69, 9.17) is 0 Å². The van der Waals surface area contributed by atoms with Crippen LogP contribution in [-0.2, 0) is 0 Å². The number of nitrogens with one attached hydrogen (secondary N) is 1. The van der Waals surface area contributed by atoms with Gasteiger partial charge in [-0.15, -0.1) is 0 Å². The van der Waals surface area contributed by atoms with Gasteiger partial charge in [0.25, 0.3) is 5.91 Å². The molecule has 1 aromatic carbocycles. The Kier molecular flexibility index (Phi) is 4.05. The molecule has 4 heteroatoms. The van der Waals surface area contributed by atoms with Gasteiger partial charge < -0.3 is 5.32 Å². The Hall–Kier alpha value is -2.23. The molecule has 4 atom stereocenters. The third kappa shape index (κ3) is 2.70. The zero-order valence-corrected chi connectivity index (χ0v) is 14.0. The summed E-state index contributed by atoms with van der Waals surface area (Å²) in [7, 11) is 0. The highest BCUT2D eigenvalue weighted by Crippen LogP contribution is 2.54. The molecule has 124 valence electrons. The standard InChI is InChI=1S/C20H23N3O/c1-13-11-22-17(12-21-13)20(24)23-19-16-10-6-5-9-15(16)18(19)14-7-3-2-4-8-14/h2-4,7-8,11-12,15-16,18-19H,5-6,9-10H2,1H3,(H,23,24)/t15-,16-,18-,19-/m0/s1. The first-order valence-electron chi connectivity index (χ1n) is 8.88. The van der Waals surface area contributed by atoms with E-state index < -0.39 is 0 Å². The summed E-state index contributed by atoms with van der Waals surface area (Å²) in [6.07, 6.45) is 8.31. The van der Waals surface area contributed by atoms with Gasteiger partial charge in [-0.2, -0.15) is 0 Å². The molecule has 0 saturated heterocycles. The molecule has 0 spiro atoms. The van der Waals surface area contributed by atoms with Crippen LogP contribution in [0, 0.1) is 18.8 Å². The van der Waals surface area contributed by atoms with Crippen molar-refractivity contribution in [3.63, 3.8) is 0 Å². The van der Waals surface area contributed by atoms with Crippen molar-refractivity contribution in [2.45, 2.75) is 44.6 Å².